The number of hydrogen-bond donors (Lipinski definition) is 1. The molecule has 1 heterocycles. The molecular weight excluding hydrogens is 298 g/mol. The third-order valence-electron chi connectivity index (χ3n) is 2.54. The average molecular weight is 312 g/mol. The lowest BCUT2D eigenvalue weighted by molar-refractivity contribution is 0.414. The Balaban J connectivity index is 2.09. The Kier molecular flexibility index (Phi) is 4.20. The highest BCUT2D eigenvalue weighted by molar-refractivity contribution is 9.10. The largest absolute Gasteiger partial charge is 0.497 e. The van der Waals surface area contributed by atoms with E-state index < -0.39 is 0 Å². The van der Waals surface area contributed by atoms with Gasteiger partial charge in [0.1, 0.15) is 5.75 Å². The second kappa shape index (κ2) is 5.67. The molecule has 0 amide bonds. The van der Waals surface area contributed by atoms with E-state index in [1.807, 2.05) is 18.2 Å². The van der Waals surface area contributed by atoms with Crippen LogP contribution >= 0.6 is 27.3 Å². The minimum atomic E-state index is 0.0402. The van der Waals surface area contributed by atoms with E-state index in [1.54, 1.807) is 18.4 Å². The van der Waals surface area contributed by atoms with E-state index in [1.165, 1.54) is 10.4 Å². The number of ether oxygens (including phenoxy) is 1. The van der Waals surface area contributed by atoms with Gasteiger partial charge in [0.2, 0.25) is 0 Å². The summed E-state index contributed by atoms with van der Waals surface area (Å²) in [5.41, 5.74) is 7.38. The monoisotopic (exact) mass is 311 g/mol. The van der Waals surface area contributed by atoms with Crippen molar-refractivity contribution in [2.45, 2.75) is 12.5 Å². The van der Waals surface area contributed by atoms with E-state index >= 15 is 0 Å². The zero-order valence-electron chi connectivity index (χ0n) is 9.52. The number of rotatable bonds is 4. The summed E-state index contributed by atoms with van der Waals surface area (Å²) in [6, 6.07) is 10.2. The number of benzene rings is 1. The van der Waals surface area contributed by atoms with Gasteiger partial charge >= 0.3 is 0 Å². The standard InChI is InChI=1S/C13H14BrNOS/c1-16-11-4-2-3-9(5-11)6-12(15)13-7-10(14)8-17-13/h2-5,7-8,12H,6,15H2,1H3. The van der Waals surface area contributed by atoms with Gasteiger partial charge in [-0.05, 0) is 46.1 Å². The Bertz CT molecular complexity index is 498. The molecule has 17 heavy (non-hydrogen) atoms. The molecule has 1 unspecified atom stereocenters. The maximum Gasteiger partial charge on any atom is 0.119 e. The second-order valence-corrected chi connectivity index (χ2v) is 5.69. The van der Waals surface area contributed by atoms with Crippen LogP contribution in [0.25, 0.3) is 0 Å². The van der Waals surface area contributed by atoms with Gasteiger partial charge in [-0.2, -0.15) is 0 Å². The first-order valence-electron chi connectivity index (χ1n) is 5.31. The smallest absolute Gasteiger partial charge is 0.119 e. The van der Waals surface area contributed by atoms with Gasteiger partial charge < -0.3 is 10.5 Å². The Labute approximate surface area is 114 Å². The number of methoxy groups -OCH3 is 1. The second-order valence-electron chi connectivity index (χ2n) is 3.83. The minimum Gasteiger partial charge on any atom is -0.497 e. The Hall–Kier alpha value is -0.840. The number of hydrogen-bond acceptors (Lipinski definition) is 3. The van der Waals surface area contributed by atoms with Gasteiger partial charge in [0.05, 0.1) is 7.11 Å². The SMILES string of the molecule is COc1cccc(CC(N)c2cc(Br)cs2)c1. The summed E-state index contributed by atoms with van der Waals surface area (Å²) in [6.07, 6.45) is 0.824. The molecular formula is C13H14BrNOS. The summed E-state index contributed by atoms with van der Waals surface area (Å²) in [5.74, 6) is 0.877. The van der Waals surface area contributed by atoms with Crippen LogP contribution in [0.1, 0.15) is 16.5 Å². The van der Waals surface area contributed by atoms with Gasteiger partial charge in [0.25, 0.3) is 0 Å². The van der Waals surface area contributed by atoms with Crippen LogP contribution < -0.4 is 10.5 Å². The predicted molar refractivity (Wildman–Crippen MR) is 75.6 cm³/mol. The van der Waals surface area contributed by atoms with E-state index in [-0.39, 0.29) is 6.04 Å². The summed E-state index contributed by atoms with van der Waals surface area (Å²) in [4.78, 5) is 1.19. The van der Waals surface area contributed by atoms with Gasteiger partial charge in [-0.15, -0.1) is 11.3 Å². The average Bonchev–Trinajstić information content (AvgIpc) is 2.76. The van der Waals surface area contributed by atoms with Crippen molar-refractivity contribution < 1.29 is 4.74 Å². The van der Waals surface area contributed by atoms with Crippen LogP contribution in [0.3, 0.4) is 0 Å². The number of nitrogens with two attached hydrogens (primary N) is 1. The molecule has 2 aromatic rings. The van der Waals surface area contributed by atoms with Crippen LogP contribution in [0, 0.1) is 0 Å². The Morgan fingerprint density at radius 3 is 2.88 bits per heavy atom. The molecule has 0 aliphatic rings. The summed E-state index contributed by atoms with van der Waals surface area (Å²) >= 11 is 5.13. The first kappa shape index (κ1) is 12.6. The van der Waals surface area contributed by atoms with Gasteiger partial charge in [-0.3, -0.25) is 0 Å². The van der Waals surface area contributed by atoms with Gasteiger partial charge in [-0.1, -0.05) is 12.1 Å². The van der Waals surface area contributed by atoms with Crippen LogP contribution in [0.2, 0.25) is 0 Å². The summed E-state index contributed by atoms with van der Waals surface area (Å²) in [5, 5.41) is 2.06. The molecule has 0 saturated heterocycles. The van der Waals surface area contributed by atoms with Crippen molar-refractivity contribution in [3.05, 3.63) is 50.6 Å². The molecule has 2 nitrogen and oxygen atoms in total. The normalized spacial score (nSPS) is 12.4. The highest BCUT2D eigenvalue weighted by atomic mass is 79.9. The third-order valence-corrected chi connectivity index (χ3v) is 4.37. The fraction of sp³-hybridized carbons (Fsp3) is 0.231. The van der Waals surface area contributed by atoms with E-state index in [0.29, 0.717) is 0 Å². The number of halogens is 1. The Morgan fingerprint density at radius 2 is 2.24 bits per heavy atom. The Morgan fingerprint density at radius 1 is 1.41 bits per heavy atom. The fourth-order valence-corrected chi connectivity index (χ4v) is 3.13. The minimum absolute atomic E-state index is 0.0402. The van der Waals surface area contributed by atoms with Gasteiger partial charge in [-0.25, -0.2) is 0 Å². The highest BCUT2D eigenvalue weighted by Crippen LogP contribution is 2.27. The van der Waals surface area contributed by atoms with Crippen molar-refractivity contribution in [1.29, 1.82) is 0 Å². The zero-order valence-corrected chi connectivity index (χ0v) is 11.9. The maximum absolute atomic E-state index is 6.18. The molecule has 2 N–H and O–H groups in total. The molecule has 90 valence electrons. The van der Waals surface area contributed by atoms with Crippen LogP contribution in [0.5, 0.6) is 5.75 Å². The molecule has 1 aromatic carbocycles. The molecule has 1 atom stereocenters. The van der Waals surface area contributed by atoms with Crippen LogP contribution in [-0.4, -0.2) is 7.11 Å². The van der Waals surface area contributed by atoms with E-state index in [2.05, 4.69) is 33.4 Å². The molecule has 2 rings (SSSR count). The topological polar surface area (TPSA) is 35.2 Å². The van der Waals surface area contributed by atoms with Crippen molar-refractivity contribution in [2.24, 2.45) is 5.73 Å². The first-order chi connectivity index (χ1) is 8.19. The summed E-state index contributed by atoms with van der Waals surface area (Å²) < 4.78 is 6.30. The molecule has 1 aromatic heterocycles. The third kappa shape index (κ3) is 3.31. The van der Waals surface area contributed by atoms with Crippen molar-refractivity contribution in [2.75, 3.05) is 7.11 Å². The summed E-state index contributed by atoms with van der Waals surface area (Å²) in [6.45, 7) is 0. The molecule has 0 bridgehead atoms. The number of thiophene rings is 1. The molecule has 0 aliphatic carbocycles. The highest BCUT2D eigenvalue weighted by Gasteiger charge is 2.09. The zero-order chi connectivity index (χ0) is 12.3. The van der Waals surface area contributed by atoms with Crippen molar-refractivity contribution >= 4 is 27.3 Å². The molecule has 0 fully saturated rings. The lowest BCUT2D eigenvalue weighted by Gasteiger charge is -2.10. The predicted octanol–water partition coefficient (Wildman–Crippen LogP) is 3.76. The van der Waals surface area contributed by atoms with Crippen LogP contribution in [0.4, 0.5) is 0 Å². The maximum atomic E-state index is 6.18. The molecule has 0 saturated carbocycles. The van der Waals surface area contributed by atoms with Gasteiger partial charge in [0.15, 0.2) is 0 Å². The fourth-order valence-electron chi connectivity index (χ4n) is 1.68. The lowest BCUT2D eigenvalue weighted by Crippen LogP contribution is -2.11. The van der Waals surface area contributed by atoms with Gasteiger partial charge in [0, 0.05) is 20.8 Å². The van der Waals surface area contributed by atoms with Crippen molar-refractivity contribution in [1.82, 2.24) is 0 Å². The van der Waals surface area contributed by atoms with Crippen molar-refractivity contribution in [3.63, 3.8) is 0 Å². The molecule has 0 radical (unpaired) electrons. The lowest BCUT2D eigenvalue weighted by atomic mass is 10.1. The van der Waals surface area contributed by atoms with E-state index in [0.717, 1.165) is 16.6 Å². The van der Waals surface area contributed by atoms with Crippen LogP contribution in [0.15, 0.2) is 40.2 Å². The first-order valence-corrected chi connectivity index (χ1v) is 6.99. The van der Waals surface area contributed by atoms with Crippen LogP contribution in [-0.2, 0) is 6.42 Å². The van der Waals surface area contributed by atoms with E-state index in [4.69, 9.17) is 10.5 Å². The molecule has 4 heteroatoms. The quantitative estimate of drug-likeness (QED) is 0.933. The molecule has 0 aliphatic heterocycles. The van der Waals surface area contributed by atoms with Crippen molar-refractivity contribution in [3.8, 4) is 5.75 Å². The molecule has 0 spiro atoms. The summed E-state index contributed by atoms with van der Waals surface area (Å²) in [7, 11) is 1.68. The van der Waals surface area contributed by atoms with E-state index in [9.17, 15) is 0 Å².